The highest BCUT2D eigenvalue weighted by Gasteiger charge is 1.88. The van der Waals surface area contributed by atoms with E-state index < -0.39 is 0 Å². The lowest BCUT2D eigenvalue weighted by Gasteiger charge is -2.00. The molecule has 3 rings (SSSR count). The van der Waals surface area contributed by atoms with Gasteiger partial charge in [-0.1, -0.05) is 42.5 Å². The van der Waals surface area contributed by atoms with E-state index in [9.17, 15) is 0 Å². The van der Waals surface area contributed by atoms with E-state index in [0.717, 1.165) is 11.2 Å². The zero-order valence-electron chi connectivity index (χ0n) is 10.9. The van der Waals surface area contributed by atoms with E-state index in [1.54, 1.807) is 0 Å². The molecular formula is C16H15N3S. The molecule has 2 aromatic carbocycles. The van der Waals surface area contributed by atoms with Crippen molar-refractivity contribution in [1.29, 1.82) is 0 Å². The third kappa shape index (κ3) is 4.33. The molecule has 0 bridgehead atoms. The van der Waals surface area contributed by atoms with E-state index in [1.165, 1.54) is 5.39 Å². The molecule has 0 unspecified atom stereocenters. The molecular weight excluding hydrogens is 266 g/mol. The second kappa shape index (κ2) is 7.21. The van der Waals surface area contributed by atoms with Gasteiger partial charge in [-0.25, -0.2) is 0 Å². The van der Waals surface area contributed by atoms with E-state index in [1.807, 2.05) is 60.8 Å². The Labute approximate surface area is 123 Å². The first-order valence-electron chi connectivity index (χ1n) is 6.17. The smallest absolute Gasteiger partial charge is 0.168 e. The molecule has 20 heavy (non-hydrogen) atoms. The molecule has 100 valence electrons. The van der Waals surface area contributed by atoms with E-state index in [-0.39, 0.29) is 0 Å². The molecule has 0 fully saturated rings. The van der Waals surface area contributed by atoms with Crippen molar-refractivity contribution in [2.75, 3.05) is 5.32 Å². The van der Waals surface area contributed by atoms with Crippen LogP contribution in [0.3, 0.4) is 0 Å². The standard InChI is InChI=1S/C9H7N.C7H8N2S/c1-2-6-9-8(4-1)5-3-7-10-9;8-7(10)9-6-4-2-1-3-5-6/h1-7H;1-5H,(H3,8,9,10). The topological polar surface area (TPSA) is 50.9 Å². The minimum atomic E-state index is 0.297. The molecule has 3 nitrogen and oxygen atoms in total. The van der Waals surface area contributed by atoms with Gasteiger partial charge in [0.2, 0.25) is 0 Å². The lowest BCUT2D eigenvalue weighted by molar-refractivity contribution is 1.41. The van der Waals surface area contributed by atoms with Crippen molar-refractivity contribution in [3.05, 3.63) is 72.9 Å². The third-order valence-corrected chi connectivity index (χ3v) is 2.66. The Bertz CT molecular complexity index is 618. The highest BCUT2D eigenvalue weighted by Crippen LogP contribution is 2.07. The van der Waals surface area contributed by atoms with Crippen LogP contribution in [0.5, 0.6) is 0 Å². The number of rotatable bonds is 1. The summed E-state index contributed by atoms with van der Waals surface area (Å²) in [5.74, 6) is 0. The quantitative estimate of drug-likeness (QED) is 0.669. The zero-order valence-corrected chi connectivity index (χ0v) is 11.7. The second-order valence-electron chi connectivity index (χ2n) is 4.05. The van der Waals surface area contributed by atoms with Crippen molar-refractivity contribution in [1.82, 2.24) is 4.98 Å². The van der Waals surface area contributed by atoms with Crippen molar-refractivity contribution in [2.45, 2.75) is 0 Å². The SMILES string of the molecule is NC(=S)Nc1ccccc1.c1ccc2ncccc2c1. The fourth-order valence-electron chi connectivity index (χ4n) is 1.68. The molecule has 0 aliphatic heterocycles. The summed E-state index contributed by atoms with van der Waals surface area (Å²) in [4.78, 5) is 4.18. The number of nitrogens with one attached hydrogen (secondary N) is 1. The predicted molar refractivity (Wildman–Crippen MR) is 88.6 cm³/mol. The molecule has 0 spiro atoms. The van der Waals surface area contributed by atoms with E-state index in [2.05, 4.69) is 34.7 Å². The van der Waals surface area contributed by atoms with Crippen LogP contribution in [0, 0.1) is 0 Å². The maximum atomic E-state index is 5.24. The van der Waals surface area contributed by atoms with Gasteiger partial charge in [0.1, 0.15) is 0 Å². The van der Waals surface area contributed by atoms with Crippen molar-refractivity contribution in [3.8, 4) is 0 Å². The van der Waals surface area contributed by atoms with Gasteiger partial charge in [0, 0.05) is 17.3 Å². The van der Waals surface area contributed by atoms with Crippen LogP contribution in [0.1, 0.15) is 0 Å². The van der Waals surface area contributed by atoms with Crippen LogP contribution < -0.4 is 11.1 Å². The average molecular weight is 281 g/mol. The highest BCUT2D eigenvalue weighted by atomic mass is 32.1. The number of hydrogen-bond acceptors (Lipinski definition) is 2. The Morgan fingerprint density at radius 2 is 1.55 bits per heavy atom. The normalized spacial score (nSPS) is 9.40. The first-order valence-corrected chi connectivity index (χ1v) is 6.58. The number of anilines is 1. The van der Waals surface area contributed by atoms with Gasteiger partial charge >= 0.3 is 0 Å². The van der Waals surface area contributed by atoms with Gasteiger partial charge in [0.25, 0.3) is 0 Å². The molecule has 3 N–H and O–H groups in total. The number of benzene rings is 2. The van der Waals surface area contributed by atoms with Gasteiger partial charge < -0.3 is 11.1 Å². The van der Waals surface area contributed by atoms with E-state index in [4.69, 9.17) is 5.73 Å². The molecule has 0 aliphatic rings. The van der Waals surface area contributed by atoms with Crippen LogP contribution >= 0.6 is 12.2 Å². The second-order valence-corrected chi connectivity index (χ2v) is 4.49. The average Bonchev–Trinajstić information content (AvgIpc) is 2.48. The largest absolute Gasteiger partial charge is 0.376 e. The zero-order chi connectivity index (χ0) is 14.2. The van der Waals surface area contributed by atoms with Crippen LogP contribution in [0.2, 0.25) is 0 Å². The molecule has 0 aliphatic carbocycles. The highest BCUT2D eigenvalue weighted by molar-refractivity contribution is 7.80. The number of hydrogen-bond donors (Lipinski definition) is 2. The lowest BCUT2D eigenvalue weighted by Crippen LogP contribution is -2.18. The first kappa shape index (κ1) is 14.0. The number of fused-ring (bicyclic) bond motifs is 1. The van der Waals surface area contributed by atoms with Gasteiger partial charge in [0.05, 0.1) is 5.52 Å². The number of thiocarbonyl (C=S) groups is 1. The molecule has 4 heteroatoms. The molecule has 0 atom stereocenters. The van der Waals surface area contributed by atoms with Crippen molar-refractivity contribution < 1.29 is 0 Å². The van der Waals surface area contributed by atoms with E-state index in [0.29, 0.717) is 5.11 Å². The lowest BCUT2D eigenvalue weighted by atomic mass is 10.2. The van der Waals surface area contributed by atoms with Gasteiger partial charge in [-0.3, -0.25) is 4.98 Å². The number of pyridine rings is 1. The summed E-state index contributed by atoms with van der Waals surface area (Å²) in [5.41, 5.74) is 7.23. The molecule has 0 saturated carbocycles. The summed E-state index contributed by atoms with van der Waals surface area (Å²) in [6.45, 7) is 0. The van der Waals surface area contributed by atoms with Crippen LogP contribution in [-0.2, 0) is 0 Å². The number of nitrogens with zero attached hydrogens (tertiary/aromatic N) is 1. The maximum Gasteiger partial charge on any atom is 0.168 e. The third-order valence-electron chi connectivity index (χ3n) is 2.55. The van der Waals surface area contributed by atoms with Gasteiger partial charge in [-0.15, -0.1) is 0 Å². The predicted octanol–water partition coefficient (Wildman–Crippen LogP) is 3.58. The van der Waals surface area contributed by atoms with Crippen molar-refractivity contribution in [3.63, 3.8) is 0 Å². The molecule has 0 amide bonds. The summed E-state index contributed by atoms with van der Waals surface area (Å²) >= 11 is 4.64. The van der Waals surface area contributed by atoms with Crippen LogP contribution in [-0.4, -0.2) is 10.1 Å². The molecule has 3 aromatic rings. The summed E-state index contributed by atoms with van der Waals surface area (Å²) in [5, 5.41) is 4.31. The monoisotopic (exact) mass is 281 g/mol. The molecule has 0 saturated heterocycles. The molecule has 1 heterocycles. The van der Waals surface area contributed by atoms with Crippen molar-refractivity contribution in [2.24, 2.45) is 5.73 Å². The van der Waals surface area contributed by atoms with Gasteiger partial charge in [-0.05, 0) is 36.5 Å². The fourth-order valence-corrected chi connectivity index (χ4v) is 1.80. The minimum absolute atomic E-state index is 0.297. The van der Waals surface area contributed by atoms with Crippen LogP contribution in [0.4, 0.5) is 5.69 Å². The Morgan fingerprint density at radius 3 is 2.25 bits per heavy atom. The molecule has 0 radical (unpaired) electrons. The minimum Gasteiger partial charge on any atom is -0.376 e. The number of aromatic nitrogens is 1. The van der Waals surface area contributed by atoms with Crippen LogP contribution in [0.15, 0.2) is 72.9 Å². The first-order chi connectivity index (χ1) is 9.75. The summed E-state index contributed by atoms with van der Waals surface area (Å²) < 4.78 is 0. The van der Waals surface area contributed by atoms with Gasteiger partial charge in [0.15, 0.2) is 5.11 Å². The fraction of sp³-hybridized carbons (Fsp3) is 0. The number of nitrogens with two attached hydrogens (primary N) is 1. The molecule has 1 aromatic heterocycles. The van der Waals surface area contributed by atoms with Crippen molar-refractivity contribution >= 4 is 33.9 Å². The Morgan fingerprint density at radius 1 is 0.900 bits per heavy atom. The number of para-hydroxylation sites is 2. The van der Waals surface area contributed by atoms with E-state index >= 15 is 0 Å². The van der Waals surface area contributed by atoms with Crippen LogP contribution in [0.25, 0.3) is 10.9 Å². The Balaban J connectivity index is 0.000000147. The summed E-state index contributed by atoms with van der Waals surface area (Å²) in [7, 11) is 0. The van der Waals surface area contributed by atoms with Gasteiger partial charge in [-0.2, -0.15) is 0 Å². The Hall–Kier alpha value is -2.46. The summed E-state index contributed by atoms with van der Waals surface area (Å²) in [6.07, 6.45) is 1.81. The summed E-state index contributed by atoms with van der Waals surface area (Å²) in [6, 6.07) is 21.7. The maximum absolute atomic E-state index is 5.24. The Kier molecular flexibility index (Phi) is 5.03.